The number of carboxylic acids is 1. The molecular formula is C17H16FN3O5S. The summed E-state index contributed by atoms with van der Waals surface area (Å²) >= 11 is 0. The second-order valence-corrected chi connectivity index (χ2v) is 9.80. The van der Waals surface area contributed by atoms with Crippen molar-refractivity contribution in [3.63, 3.8) is 0 Å². The second kappa shape index (κ2) is 5.28. The molecule has 0 aromatic carbocycles. The van der Waals surface area contributed by atoms with Gasteiger partial charge in [-0.05, 0) is 25.3 Å². The molecule has 2 unspecified atom stereocenters. The molecule has 1 saturated carbocycles. The molecule has 10 heteroatoms. The molecular weight excluding hydrogens is 377 g/mol. The lowest BCUT2D eigenvalue weighted by atomic mass is 10.1. The summed E-state index contributed by atoms with van der Waals surface area (Å²) in [5.74, 6) is -2.09. The normalized spacial score (nSPS) is 26.0. The molecule has 4 heterocycles. The summed E-state index contributed by atoms with van der Waals surface area (Å²) in [5.41, 5.74) is -0.929. The van der Waals surface area contributed by atoms with E-state index in [0.29, 0.717) is 6.42 Å². The van der Waals surface area contributed by atoms with Gasteiger partial charge >= 0.3 is 5.97 Å². The number of hydrogen-bond acceptors (Lipinski definition) is 6. The van der Waals surface area contributed by atoms with Gasteiger partial charge in [-0.3, -0.25) is 4.79 Å². The number of hydrogen-bond donors (Lipinski definition) is 1. The number of carbonyl (C=O) groups is 1. The van der Waals surface area contributed by atoms with E-state index in [-0.39, 0.29) is 41.2 Å². The smallest absolute Gasteiger partial charge is 0.341 e. The highest BCUT2D eigenvalue weighted by Crippen LogP contribution is 2.39. The summed E-state index contributed by atoms with van der Waals surface area (Å²) < 4.78 is 40.3. The molecule has 1 aliphatic carbocycles. The van der Waals surface area contributed by atoms with Gasteiger partial charge in [0.15, 0.2) is 21.5 Å². The van der Waals surface area contributed by atoms with E-state index < -0.39 is 37.9 Å². The minimum atomic E-state index is -3.13. The molecule has 2 bridgehead atoms. The maximum atomic E-state index is 14.8. The van der Waals surface area contributed by atoms with Crippen LogP contribution in [-0.2, 0) is 9.84 Å². The Bertz CT molecular complexity index is 1170. The van der Waals surface area contributed by atoms with Crippen LogP contribution in [0.4, 0.5) is 10.2 Å². The molecule has 2 aliphatic heterocycles. The molecule has 2 atom stereocenters. The average molecular weight is 393 g/mol. The fourth-order valence-corrected chi connectivity index (χ4v) is 6.21. The van der Waals surface area contributed by atoms with E-state index >= 15 is 0 Å². The van der Waals surface area contributed by atoms with Crippen LogP contribution >= 0.6 is 0 Å². The first-order valence-corrected chi connectivity index (χ1v) is 10.4. The third kappa shape index (κ3) is 2.39. The van der Waals surface area contributed by atoms with Crippen molar-refractivity contribution in [3.8, 4) is 0 Å². The molecule has 2 aromatic heterocycles. The van der Waals surface area contributed by atoms with Crippen LogP contribution in [0.1, 0.15) is 35.7 Å². The number of aromatic nitrogens is 2. The van der Waals surface area contributed by atoms with Gasteiger partial charge in [0.25, 0.3) is 0 Å². The van der Waals surface area contributed by atoms with Crippen LogP contribution in [0.3, 0.4) is 0 Å². The first-order valence-electron chi connectivity index (χ1n) is 8.73. The van der Waals surface area contributed by atoms with Crippen molar-refractivity contribution in [2.75, 3.05) is 17.2 Å². The lowest BCUT2D eigenvalue weighted by Crippen LogP contribution is -2.41. The van der Waals surface area contributed by atoms with E-state index in [1.165, 1.54) is 6.20 Å². The molecule has 8 nitrogen and oxygen atoms in total. The Kier molecular flexibility index (Phi) is 3.26. The maximum Gasteiger partial charge on any atom is 0.341 e. The first-order chi connectivity index (χ1) is 12.8. The Hall–Kier alpha value is -2.49. The summed E-state index contributed by atoms with van der Waals surface area (Å²) in [5, 5.41) is 8.69. The van der Waals surface area contributed by atoms with Gasteiger partial charge in [0.1, 0.15) is 11.2 Å². The molecule has 0 radical (unpaired) electrons. The number of fused-ring (bicyclic) bond motifs is 3. The van der Waals surface area contributed by atoms with Crippen molar-refractivity contribution in [2.24, 2.45) is 0 Å². The zero-order valence-corrected chi connectivity index (χ0v) is 14.9. The minimum absolute atomic E-state index is 0.0236. The Morgan fingerprint density at radius 2 is 2.04 bits per heavy atom. The molecule has 3 fully saturated rings. The molecule has 2 saturated heterocycles. The van der Waals surface area contributed by atoms with Crippen LogP contribution in [0, 0.1) is 5.82 Å². The monoisotopic (exact) mass is 393 g/mol. The third-order valence-electron chi connectivity index (χ3n) is 5.69. The lowest BCUT2D eigenvalue weighted by Gasteiger charge is -2.28. The number of anilines is 1. The minimum Gasteiger partial charge on any atom is -0.477 e. The van der Waals surface area contributed by atoms with E-state index in [2.05, 4.69) is 4.98 Å². The van der Waals surface area contributed by atoms with Gasteiger partial charge in [-0.2, -0.15) is 0 Å². The van der Waals surface area contributed by atoms with Gasteiger partial charge < -0.3 is 14.6 Å². The van der Waals surface area contributed by atoms with Crippen LogP contribution in [0.15, 0.2) is 17.1 Å². The van der Waals surface area contributed by atoms with E-state index in [1.54, 1.807) is 9.47 Å². The highest BCUT2D eigenvalue weighted by Gasteiger charge is 2.49. The van der Waals surface area contributed by atoms with E-state index in [9.17, 15) is 27.5 Å². The second-order valence-electron chi connectivity index (χ2n) is 7.47. The van der Waals surface area contributed by atoms with Crippen molar-refractivity contribution in [1.29, 1.82) is 0 Å². The number of pyridine rings is 2. The zero-order valence-electron chi connectivity index (χ0n) is 14.1. The third-order valence-corrected chi connectivity index (χ3v) is 7.90. The number of halogens is 1. The van der Waals surface area contributed by atoms with Crippen LogP contribution in [0.25, 0.3) is 11.0 Å². The van der Waals surface area contributed by atoms with Crippen LogP contribution < -0.4 is 10.3 Å². The van der Waals surface area contributed by atoms with E-state index in [0.717, 1.165) is 18.9 Å². The molecule has 2 aromatic rings. The maximum absolute atomic E-state index is 14.8. The van der Waals surface area contributed by atoms with Crippen molar-refractivity contribution in [3.05, 3.63) is 33.9 Å². The standard InChI is InChI=1S/C17H16FN3O5S/c18-13-4-11-14(22)12(17(23)24)6-21(8-1-2-8)15(11)19-16(13)20-5-10-3-9(20)7-27(10,25)26/h4,6,8-10H,1-3,5,7H2,(H,23,24). The van der Waals surface area contributed by atoms with Crippen LogP contribution in [0.2, 0.25) is 0 Å². The topological polar surface area (TPSA) is 110 Å². The number of aromatic carboxylic acids is 1. The Morgan fingerprint density at radius 3 is 2.59 bits per heavy atom. The largest absolute Gasteiger partial charge is 0.477 e. The van der Waals surface area contributed by atoms with Crippen LogP contribution in [-0.4, -0.2) is 52.6 Å². The SMILES string of the molecule is O=C(O)c1cn(C2CC2)c2nc(N3CC4CC3CS4(=O)=O)c(F)cc2c1=O. The number of rotatable bonds is 3. The number of sulfone groups is 1. The predicted molar refractivity (Wildman–Crippen MR) is 94.5 cm³/mol. The summed E-state index contributed by atoms with van der Waals surface area (Å²) in [6.07, 6.45) is 3.39. The van der Waals surface area contributed by atoms with Crippen molar-refractivity contribution in [2.45, 2.75) is 36.6 Å². The van der Waals surface area contributed by atoms with Gasteiger partial charge in [-0.15, -0.1) is 0 Å². The first kappa shape index (κ1) is 16.7. The number of carboxylic acid groups (broad SMARTS) is 1. The predicted octanol–water partition coefficient (Wildman–Crippen LogP) is 0.944. The highest BCUT2D eigenvalue weighted by molar-refractivity contribution is 7.92. The summed E-state index contributed by atoms with van der Waals surface area (Å²) in [6.45, 7) is 0.184. The molecule has 27 heavy (non-hydrogen) atoms. The summed E-state index contributed by atoms with van der Waals surface area (Å²) in [6, 6.07) is 0.748. The molecule has 1 N–H and O–H groups in total. The highest BCUT2D eigenvalue weighted by atomic mass is 32.2. The van der Waals surface area contributed by atoms with Crippen LogP contribution in [0.5, 0.6) is 0 Å². The van der Waals surface area contributed by atoms with E-state index in [1.807, 2.05) is 0 Å². The van der Waals surface area contributed by atoms with Crippen molar-refractivity contribution < 1.29 is 22.7 Å². The fourth-order valence-electron chi connectivity index (χ4n) is 4.18. The quantitative estimate of drug-likeness (QED) is 0.827. The Labute approximate surface area is 153 Å². The van der Waals surface area contributed by atoms with Gasteiger partial charge in [-0.1, -0.05) is 0 Å². The Morgan fingerprint density at radius 1 is 1.30 bits per heavy atom. The van der Waals surface area contributed by atoms with E-state index in [4.69, 9.17) is 0 Å². The Balaban J connectivity index is 1.69. The molecule has 142 valence electrons. The fraction of sp³-hybridized carbons (Fsp3) is 0.471. The molecule has 5 rings (SSSR count). The molecule has 0 amide bonds. The lowest BCUT2D eigenvalue weighted by molar-refractivity contribution is 0.0695. The summed E-state index contributed by atoms with van der Waals surface area (Å²) in [7, 11) is -3.13. The number of nitrogens with zero attached hydrogens (tertiary/aromatic N) is 3. The van der Waals surface area contributed by atoms with Crippen molar-refractivity contribution >= 4 is 32.7 Å². The van der Waals surface area contributed by atoms with Gasteiger partial charge in [0.2, 0.25) is 5.43 Å². The summed E-state index contributed by atoms with van der Waals surface area (Å²) in [4.78, 5) is 29.9. The van der Waals surface area contributed by atoms with Gasteiger partial charge in [-0.25, -0.2) is 22.6 Å². The zero-order chi connectivity index (χ0) is 19.1. The molecule has 3 aliphatic rings. The molecule has 0 spiro atoms. The van der Waals surface area contributed by atoms with Gasteiger partial charge in [0, 0.05) is 24.8 Å². The average Bonchev–Trinajstić information content (AvgIpc) is 3.28. The van der Waals surface area contributed by atoms with Gasteiger partial charge in [0.05, 0.1) is 16.4 Å². The van der Waals surface area contributed by atoms with Crippen molar-refractivity contribution in [1.82, 2.24) is 9.55 Å².